The number of hydrogen-bond donors (Lipinski definition) is 3. The molecule has 2 heterocycles. The normalized spacial score (nSPS) is 11.8. The predicted octanol–water partition coefficient (Wildman–Crippen LogP) is 3.39. The summed E-state index contributed by atoms with van der Waals surface area (Å²) in [7, 11) is 0. The predicted molar refractivity (Wildman–Crippen MR) is 115 cm³/mol. The van der Waals surface area contributed by atoms with Crippen molar-refractivity contribution in [3.8, 4) is 17.2 Å². The molecule has 158 valence electrons. The van der Waals surface area contributed by atoms with Crippen LogP contribution in [0.15, 0.2) is 65.3 Å². The fourth-order valence-electron chi connectivity index (χ4n) is 2.96. The van der Waals surface area contributed by atoms with Gasteiger partial charge in [0, 0.05) is 0 Å². The maximum absolute atomic E-state index is 11.9. The number of nitrogens with two attached hydrogens (primary N) is 1. The summed E-state index contributed by atoms with van der Waals surface area (Å²) in [5, 5.41) is 11.6. The van der Waals surface area contributed by atoms with Crippen molar-refractivity contribution in [3.05, 3.63) is 66.4 Å². The number of ether oxygens (including phenoxy) is 1. The number of aliphatic hydroxyl groups excluding tert-OH is 1. The molecule has 0 saturated carbocycles. The molecule has 7 nitrogen and oxygen atoms in total. The van der Waals surface area contributed by atoms with Crippen LogP contribution in [-0.4, -0.2) is 35.3 Å². The van der Waals surface area contributed by atoms with Gasteiger partial charge in [0.15, 0.2) is 5.76 Å². The molecular formula is C23H27N3O4. The van der Waals surface area contributed by atoms with Crippen molar-refractivity contribution in [2.45, 2.75) is 31.7 Å². The zero-order valence-electron chi connectivity index (χ0n) is 16.8. The summed E-state index contributed by atoms with van der Waals surface area (Å²) >= 11 is 0. The van der Waals surface area contributed by atoms with Crippen molar-refractivity contribution in [3.63, 3.8) is 0 Å². The summed E-state index contributed by atoms with van der Waals surface area (Å²) < 4.78 is 11.4. The van der Waals surface area contributed by atoms with Gasteiger partial charge in [-0.2, -0.15) is 0 Å². The molecular weight excluding hydrogens is 382 g/mol. The lowest BCUT2D eigenvalue weighted by Gasteiger charge is -2.13. The lowest BCUT2D eigenvalue weighted by Crippen LogP contribution is -2.38. The summed E-state index contributed by atoms with van der Waals surface area (Å²) in [6.45, 7) is 0.119. The highest BCUT2D eigenvalue weighted by Crippen LogP contribution is 2.30. The molecule has 30 heavy (non-hydrogen) atoms. The average molecular weight is 409 g/mol. The molecule has 3 aromatic rings. The Bertz CT molecular complexity index is 913. The summed E-state index contributed by atoms with van der Waals surface area (Å²) in [4.78, 5) is 16.3. The van der Waals surface area contributed by atoms with E-state index in [9.17, 15) is 4.79 Å². The van der Waals surface area contributed by atoms with Crippen LogP contribution in [0.2, 0.25) is 0 Å². The SMILES string of the molecule is NC(CO)C(=O)Nc1ccc(OCCCCCc2ccccc2)c(-c2ccco2)n1. The van der Waals surface area contributed by atoms with Crippen LogP contribution < -0.4 is 15.8 Å². The number of anilines is 1. The second-order valence-corrected chi connectivity index (χ2v) is 6.94. The molecule has 0 saturated heterocycles. The zero-order valence-corrected chi connectivity index (χ0v) is 16.8. The first-order valence-electron chi connectivity index (χ1n) is 10.1. The van der Waals surface area contributed by atoms with E-state index >= 15 is 0 Å². The van der Waals surface area contributed by atoms with Gasteiger partial charge < -0.3 is 25.3 Å². The minimum Gasteiger partial charge on any atom is -0.491 e. The van der Waals surface area contributed by atoms with Crippen molar-refractivity contribution in [2.24, 2.45) is 5.73 Å². The highest BCUT2D eigenvalue weighted by Gasteiger charge is 2.16. The molecule has 1 atom stereocenters. The van der Waals surface area contributed by atoms with Crippen LogP contribution in [0.3, 0.4) is 0 Å². The number of unbranched alkanes of at least 4 members (excludes halogenated alkanes) is 2. The van der Waals surface area contributed by atoms with E-state index in [1.54, 1.807) is 30.5 Å². The van der Waals surface area contributed by atoms with Crippen molar-refractivity contribution < 1.29 is 19.1 Å². The Hall–Kier alpha value is -3.16. The van der Waals surface area contributed by atoms with Gasteiger partial charge in [0.25, 0.3) is 0 Å². The van der Waals surface area contributed by atoms with Gasteiger partial charge in [0.1, 0.15) is 23.3 Å². The first kappa shape index (κ1) is 21.5. The standard InChI is InChI=1S/C23H27N3O4/c24-18(16-27)23(28)26-21-13-12-20(22(25-21)19-11-7-15-30-19)29-14-6-2-5-10-17-8-3-1-4-9-17/h1,3-4,7-9,11-13,15,18,27H,2,5-6,10,14,16,24H2,(H,25,26,28). The summed E-state index contributed by atoms with van der Waals surface area (Å²) in [6, 6.07) is 16.4. The lowest BCUT2D eigenvalue weighted by atomic mass is 10.1. The third-order valence-electron chi connectivity index (χ3n) is 4.61. The molecule has 1 aromatic carbocycles. The smallest absolute Gasteiger partial charge is 0.244 e. The Morgan fingerprint density at radius 3 is 2.67 bits per heavy atom. The highest BCUT2D eigenvalue weighted by molar-refractivity contribution is 5.94. The van der Waals surface area contributed by atoms with Gasteiger partial charge in [-0.1, -0.05) is 30.3 Å². The maximum atomic E-state index is 11.9. The van der Waals surface area contributed by atoms with Crippen LogP contribution in [0.1, 0.15) is 24.8 Å². The molecule has 7 heteroatoms. The molecule has 0 fully saturated rings. The topological polar surface area (TPSA) is 111 Å². The quantitative estimate of drug-likeness (QED) is 0.419. The van der Waals surface area contributed by atoms with Gasteiger partial charge in [0.2, 0.25) is 5.91 Å². The van der Waals surface area contributed by atoms with E-state index in [1.807, 2.05) is 6.07 Å². The Kier molecular flexibility index (Phi) is 8.00. The van der Waals surface area contributed by atoms with E-state index in [2.05, 4.69) is 34.6 Å². The fraction of sp³-hybridized carbons (Fsp3) is 0.304. The number of amides is 1. The number of aromatic nitrogens is 1. The second-order valence-electron chi connectivity index (χ2n) is 6.94. The number of carbonyl (C=O) groups excluding carboxylic acids is 1. The number of hydrogen-bond acceptors (Lipinski definition) is 6. The monoisotopic (exact) mass is 409 g/mol. The summed E-state index contributed by atoms with van der Waals surface area (Å²) in [5.41, 5.74) is 7.38. The Morgan fingerprint density at radius 2 is 1.93 bits per heavy atom. The number of benzene rings is 1. The molecule has 0 aliphatic heterocycles. The molecule has 0 bridgehead atoms. The van der Waals surface area contributed by atoms with Gasteiger partial charge in [-0.15, -0.1) is 0 Å². The average Bonchev–Trinajstić information content (AvgIpc) is 3.31. The number of carbonyl (C=O) groups is 1. The first-order chi connectivity index (χ1) is 14.7. The number of nitrogens with zero attached hydrogens (tertiary/aromatic N) is 1. The number of aryl methyl sites for hydroxylation is 1. The molecule has 0 aliphatic carbocycles. The molecule has 0 spiro atoms. The Balaban J connectivity index is 1.56. The van der Waals surface area contributed by atoms with Crippen molar-refractivity contribution >= 4 is 11.7 Å². The number of nitrogens with one attached hydrogen (secondary N) is 1. The fourth-order valence-corrected chi connectivity index (χ4v) is 2.96. The van der Waals surface area contributed by atoms with Gasteiger partial charge >= 0.3 is 0 Å². The first-order valence-corrected chi connectivity index (χ1v) is 10.1. The maximum Gasteiger partial charge on any atom is 0.244 e. The molecule has 3 rings (SSSR count). The minimum absolute atomic E-state index is 0.311. The van der Waals surface area contributed by atoms with E-state index in [4.69, 9.17) is 20.0 Å². The second kappa shape index (κ2) is 11.1. The van der Waals surface area contributed by atoms with Crippen LogP contribution in [0.5, 0.6) is 5.75 Å². The van der Waals surface area contributed by atoms with Crippen LogP contribution in [0.4, 0.5) is 5.82 Å². The largest absolute Gasteiger partial charge is 0.491 e. The van der Waals surface area contributed by atoms with Gasteiger partial charge in [0.05, 0.1) is 19.5 Å². The van der Waals surface area contributed by atoms with E-state index in [-0.39, 0.29) is 0 Å². The molecule has 1 unspecified atom stereocenters. The van der Waals surface area contributed by atoms with Gasteiger partial charge in [-0.05, 0) is 55.5 Å². The zero-order chi connectivity index (χ0) is 21.2. The number of pyridine rings is 1. The Morgan fingerprint density at radius 1 is 1.10 bits per heavy atom. The Labute approximate surface area is 175 Å². The number of rotatable bonds is 11. The van der Waals surface area contributed by atoms with Crippen LogP contribution >= 0.6 is 0 Å². The third kappa shape index (κ3) is 6.17. The number of aliphatic hydroxyl groups is 1. The summed E-state index contributed by atoms with van der Waals surface area (Å²) in [5.74, 6) is 0.919. The third-order valence-corrected chi connectivity index (χ3v) is 4.61. The highest BCUT2D eigenvalue weighted by atomic mass is 16.5. The van der Waals surface area contributed by atoms with Crippen LogP contribution in [0.25, 0.3) is 11.5 Å². The van der Waals surface area contributed by atoms with Crippen molar-refractivity contribution in [1.29, 1.82) is 0 Å². The molecule has 0 aliphatic rings. The lowest BCUT2D eigenvalue weighted by molar-refractivity contribution is -0.118. The van der Waals surface area contributed by atoms with E-state index in [0.717, 1.165) is 25.7 Å². The summed E-state index contributed by atoms with van der Waals surface area (Å²) in [6.07, 6.45) is 5.70. The van der Waals surface area contributed by atoms with E-state index in [1.165, 1.54) is 5.56 Å². The van der Waals surface area contributed by atoms with Gasteiger partial charge in [-0.25, -0.2) is 4.98 Å². The molecule has 1 amide bonds. The van der Waals surface area contributed by atoms with Crippen LogP contribution in [-0.2, 0) is 11.2 Å². The molecule has 4 N–H and O–H groups in total. The van der Waals surface area contributed by atoms with Crippen LogP contribution in [0, 0.1) is 0 Å². The number of furan rings is 1. The van der Waals surface area contributed by atoms with Gasteiger partial charge in [-0.3, -0.25) is 4.79 Å². The van der Waals surface area contributed by atoms with E-state index in [0.29, 0.717) is 29.6 Å². The minimum atomic E-state index is -1.01. The molecule has 2 aromatic heterocycles. The van der Waals surface area contributed by atoms with Crippen molar-refractivity contribution in [2.75, 3.05) is 18.5 Å². The molecule has 0 radical (unpaired) electrons. The van der Waals surface area contributed by atoms with E-state index < -0.39 is 18.6 Å². The van der Waals surface area contributed by atoms with Crippen molar-refractivity contribution in [1.82, 2.24) is 4.98 Å².